The summed E-state index contributed by atoms with van der Waals surface area (Å²) in [5.41, 5.74) is 12.6. The van der Waals surface area contributed by atoms with Crippen molar-refractivity contribution < 1.29 is 4.42 Å². The number of fused-ring (bicyclic) bond motifs is 5. The molecule has 0 saturated heterocycles. The van der Waals surface area contributed by atoms with Crippen molar-refractivity contribution in [3.05, 3.63) is 95.1 Å². The van der Waals surface area contributed by atoms with E-state index in [2.05, 4.69) is 111 Å². The van der Waals surface area contributed by atoms with E-state index >= 15 is 0 Å². The Balaban J connectivity index is 1.54. The molecule has 7 rings (SSSR count). The average Bonchev–Trinajstić information content (AvgIpc) is 3.37. The molecule has 5 aromatic rings. The normalized spacial score (nSPS) is 18.6. The molecule has 3 heteroatoms. The van der Waals surface area contributed by atoms with Gasteiger partial charge in [-0.1, -0.05) is 81.4 Å². The lowest BCUT2D eigenvalue weighted by Gasteiger charge is -2.38. The minimum atomic E-state index is 0.120. The van der Waals surface area contributed by atoms with Gasteiger partial charge in [-0.05, 0) is 54.2 Å². The fourth-order valence-corrected chi connectivity index (χ4v) is 6.48. The summed E-state index contributed by atoms with van der Waals surface area (Å²) < 4.78 is 6.55. The van der Waals surface area contributed by atoms with Gasteiger partial charge in [0.05, 0.1) is 22.7 Å². The van der Waals surface area contributed by atoms with Crippen LogP contribution in [-0.2, 0) is 0 Å². The third-order valence-corrected chi connectivity index (χ3v) is 8.15. The van der Waals surface area contributed by atoms with E-state index in [0.29, 0.717) is 11.8 Å². The summed E-state index contributed by atoms with van der Waals surface area (Å²) in [5.74, 6) is 0.804. The van der Waals surface area contributed by atoms with Crippen LogP contribution in [0.1, 0.15) is 61.8 Å². The van der Waals surface area contributed by atoms with E-state index in [-0.39, 0.29) is 6.17 Å². The third kappa shape index (κ3) is 2.61. The fraction of sp³-hybridized carbons (Fsp3) is 0.250. The standard InChI is InChI=1S/C32H30N2O/c1-18(2)22-11-8-12-23-20(4)24-13-9-14-27-31(24)34(30(22)23)21(5)33(27)29-19(3)16-17-26-25-10-6-7-15-28(25)35-32(26)29/h6-18,20-21H,1-5H3/t20?,21-/m1/s1. The first-order valence-electron chi connectivity index (χ1n) is 12.7. The average molecular weight is 459 g/mol. The zero-order valence-electron chi connectivity index (χ0n) is 21.0. The molecule has 0 amide bonds. The maximum absolute atomic E-state index is 6.55. The molecule has 0 radical (unpaired) electrons. The summed E-state index contributed by atoms with van der Waals surface area (Å²) in [6, 6.07) is 26.5. The van der Waals surface area contributed by atoms with Crippen LogP contribution in [0.15, 0.2) is 77.2 Å². The Labute approximate surface area is 206 Å². The van der Waals surface area contributed by atoms with Gasteiger partial charge in [-0.2, -0.15) is 0 Å². The highest BCUT2D eigenvalue weighted by molar-refractivity contribution is 6.11. The zero-order valence-corrected chi connectivity index (χ0v) is 21.0. The highest BCUT2D eigenvalue weighted by Gasteiger charge is 2.43. The van der Waals surface area contributed by atoms with Crippen molar-refractivity contribution >= 4 is 44.7 Å². The van der Waals surface area contributed by atoms with Gasteiger partial charge in [0.1, 0.15) is 11.7 Å². The molecule has 3 heterocycles. The number of hydrogen-bond acceptors (Lipinski definition) is 3. The Morgan fingerprint density at radius 2 is 1.46 bits per heavy atom. The first-order valence-corrected chi connectivity index (χ1v) is 12.7. The highest BCUT2D eigenvalue weighted by Crippen LogP contribution is 2.58. The van der Waals surface area contributed by atoms with Gasteiger partial charge in [0.2, 0.25) is 0 Å². The zero-order chi connectivity index (χ0) is 24.0. The lowest BCUT2D eigenvalue weighted by Crippen LogP contribution is -2.38. The van der Waals surface area contributed by atoms with Crippen molar-refractivity contribution in [2.24, 2.45) is 0 Å². The van der Waals surface area contributed by atoms with Crippen molar-refractivity contribution in [2.45, 2.75) is 52.6 Å². The van der Waals surface area contributed by atoms with E-state index in [9.17, 15) is 0 Å². The number of aryl methyl sites for hydroxylation is 1. The predicted molar refractivity (Wildman–Crippen MR) is 147 cm³/mol. The van der Waals surface area contributed by atoms with Crippen molar-refractivity contribution in [3.63, 3.8) is 0 Å². The largest absolute Gasteiger partial charge is 0.454 e. The maximum Gasteiger partial charge on any atom is 0.159 e. The molecule has 3 nitrogen and oxygen atoms in total. The Morgan fingerprint density at radius 1 is 0.714 bits per heavy atom. The van der Waals surface area contributed by atoms with Crippen LogP contribution in [0, 0.1) is 6.92 Å². The van der Waals surface area contributed by atoms with Crippen molar-refractivity contribution in [2.75, 3.05) is 9.80 Å². The third-order valence-electron chi connectivity index (χ3n) is 8.15. The lowest BCUT2D eigenvalue weighted by molar-refractivity contribution is 0.662. The number of para-hydroxylation sites is 3. The minimum Gasteiger partial charge on any atom is -0.454 e. The number of benzene rings is 4. The summed E-state index contributed by atoms with van der Waals surface area (Å²) >= 11 is 0. The van der Waals surface area contributed by atoms with Gasteiger partial charge < -0.3 is 14.2 Å². The highest BCUT2D eigenvalue weighted by atomic mass is 16.3. The monoisotopic (exact) mass is 458 g/mol. The maximum atomic E-state index is 6.55. The fourth-order valence-electron chi connectivity index (χ4n) is 6.48. The van der Waals surface area contributed by atoms with Crippen LogP contribution in [-0.4, -0.2) is 6.17 Å². The molecule has 1 unspecified atom stereocenters. The minimum absolute atomic E-state index is 0.120. The summed E-state index contributed by atoms with van der Waals surface area (Å²) in [7, 11) is 0. The van der Waals surface area contributed by atoms with Crippen molar-refractivity contribution in [1.29, 1.82) is 0 Å². The van der Waals surface area contributed by atoms with Crippen LogP contribution >= 0.6 is 0 Å². The van der Waals surface area contributed by atoms with Gasteiger partial charge in [0.25, 0.3) is 0 Å². The first kappa shape index (κ1) is 20.6. The Kier molecular flexibility index (Phi) is 4.21. The van der Waals surface area contributed by atoms with Crippen LogP contribution in [0.25, 0.3) is 21.9 Å². The smallest absolute Gasteiger partial charge is 0.159 e. The van der Waals surface area contributed by atoms with E-state index in [1.54, 1.807) is 0 Å². The van der Waals surface area contributed by atoms with E-state index in [4.69, 9.17) is 4.42 Å². The van der Waals surface area contributed by atoms with E-state index in [1.807, 2.05) is 6.07 Å². The predicted octanol–water partition coefficient (Wildman–Crippen LogP) is 9.12. The molecule has 2 aliphatic rings. The molecular formula is C32H30N2O. The molecule has 174 valence electrons. The molecule has 2 atom stereocenters. The molecule has 1 aromatic heterocycles. The topological polar surface area (TPSA) is 19.6 Å². The van der Waals surface area contributed by atoms with Crippen molar-refractivity contribution in [1.82, 2.24) is 0 Å². The lowest BCUT2D eigenvalue weighted by atomic mass is 9.83. The second kappa shape index (κ2) is 7.14. The number of anilines is 4. The van der Waals surface area contributed by atoms with E-state index in [1.165, 1.54) is 55.8 Å². The number of furan rings is 1. The van der Waals surface area contributed by atoms with Crippen LogP contribution in [0.3, 0.4) is 0 Å². The molecule has 0 bridgehead atoms. The van der Waals surface area contributed by atoms with Crippen LogP contribution in [0.5, 0.6) is 0 Å². The van der Waals surface area contributed by atoms with Gasteiger partial charge in [-0.25, -0.2) is 0 Å². The second-order valence-corrected chi connectivity index (χ2v) is 10.5. The number of rotatable bonds is 2. The summed E-state index contributed by atoms with van der Waals surface area (Å²) in [6.45, 7) is 11.5. The Bertz CT molecular complexity index is 1640. The SMILES string of the molecule is Cc1ccc2c(oc3ccccc32)c1N1c2cccc3c2N(c2c(C(C)C)cccc2C3C)[C@@H]1C. The Morgan fingerprint density at radius 3 is 2.26 bits per heavy atom. The number of nitrogens with zero attached hydrogens (tertiary/aromatic N) is 2. The molecule has 0 spiro atoms. The van der Waals surface area contributed by atoms with Gasteiger partial charge in [0.15, 0.2) is 5.58 Å². The van der Waals surface area contributed by atoms with Crippen LogP contribution in [0.2, 0.25) is 0 Å². The molecule has 2 aliphatic heterocycles. The molecule has 4 aromatic carbocycles. The molecule has 0 fully saturated rings. The van der Waals surface area contributed by atoms with Crippen LogP contribution in [0.4, 0.5) is 22.7 Å². The second-order valence-electron chi connectivity index (χ2n) is 10.5. The Hall–Kier alpha value is -3.72. The molecule has 0 saturated carbocycles. The summed E-state index contributed by atoms with van der Waals surface area (Å²) in [5, 5.41) is 2.35. The van der Waals surface area contributed by atoms with Crippen molar-refractivity contribution in [3.8, 4) is 0 Å². The van der Waals surface area contributed by atoms with Gasteiger partial charge >= 0.3 is 0 Å². The molecule has 0 aliphatic carbocycles. The van der Waals surface area contributed by atoms with E-state index < -0.39 is 0 Å². The molecule has 35 heavy (non-hydrogen) atoms. The van der Waals surface area contributed by atoms with Gasteiger partial charge in [0, 0.05) is 16.7 Å². The number of hydrogen-bond donors (Lipinski definition) is 0. The molecular weight excluding hydrogens is 428 g/mol. The first-order chi connectivity index (χ1) is 17.0. The quantitative estimate of drug-likeness (QED) is 0.263. The van der Waals surface area contributed by atoms with E-state index in [0.717, 1.165) is 11.2 Å². The van der Waals surface area contributed by atoms with Gasteiger partial charge in [-0.15, -0.1) is 0 Å². The summed E-state index contributed by atoms with van der Waals surface area (Å²) in [4.78, 5) is 5.11. The summed E-state index contributed by atoms with van der Waals surface area (Å²) in [6.07, 6.45) is 0.120. The van der Waals surface area contributed by atoms with Crippen LogP contribution < -0.4 is 9.80 Å². The molecule has 0 N–H and O–H groups in total. The van der Waals surface area contributed by atoms with Gasteiger partial charge in [-0.3, -0.25) is 0 Å².